The highest BCUT2D eigenvalue weighted by molar-refractivity contribution is 6.31. The lowest BCUT2D eigenvalue weighted by molar-refractivity contribution is -0.144. The highest BCUT2D eigenvalue weighted by Crippen LogP contribution is 2.35. The number of amides is 4. The molecule has 1 heterocycles. The minimum absolute atomic E-state index is 0.00195. The van der Waals surface area contributed by atoms with Crippen molar-refractivity contribution < 1.29 is 19.2 Å². The first kappa shape index (κ1) is 28.6. The van der Waals surface area contributed by atoms with Gasteiger partial charge in [0.1, 0.15) is 6.04 Å². The zero-order valence-electron chi connectivity index (χ0n) is 22.4. The quantitative estimate of drug-likeness (QED) is 0.239. The van der Waals surface area contributed by atoms with Gasteiger partial charge in [0.2, 0.25) is 23.6 Å². The number of nitrogens with zero attached hydrogens (tertiary/aromatic N) is 2. The van der Waals surface area contributed by atoms with Crippen molar-refractivity contribution >= 4 is 35.2 Å². The first-order chi connectivity index (χ1) is 18.9. The van der Waals surface area contributed by atoms with Crippen molar-refractivity contribution in [2.75, 3.05) is 13.1 Å². The second-order valence-electron chi connectivity index (χ2n) is 10.2. The van der Waals surface area contributed by atoms with E-state index >= 15 is 0 Å². The minimum atomic E-state index is -0.787. The lowest BCUT2D eigenvalue weighted by Crippen LogP contribution is -2.51. The highest BCUT2D eigenvalue weighted by Gasteiger charge is 2.47. The van der Waals surface area contributed by atoms with E-state index in [2.05, 4.69) is 5.32 Å². The number of carbonyl (C=O) groups excluding carboxylic acids is 4. The van der Waals surface area contributed by atoms with Gasteiger partial charge in [-0.3, -0.25) is 24.1 Å². The summed E-state index contributed by atoms with van der Waals surface area (Å²) in [6.07, 6.45) is 7.01. The number of fused-ring (bicyclic) bond motifs is 1. The van der Waals surface area contributed by atoms with E-state index in [0.717, 1.165) is 24.0 Å². The van der Waals surface area contributed by atoms with Crippen LogP contribution in [0.2, 0.25) is 5.02 Å². The number of rotatable bonds is 12. The molecule has 0 bridgehead atoms. The van der Waals surface area contributed by atoms with Crippen LogP contribution < -0.4 is 5.32 Å². The third-order valence-corrected chi connectivity index (χ3v) is 7.92. The van der Waals surface area contributed by atoms with Gasteiger partial charge in [0.05, 0.1) is 11.8 Å². The van der Waals surface area contributed by atoms with Gasteiger partial charge in [0, 0.05) is 37.5 Å². The number of allylic oxidation sites excluding steroid dienone is 2. The SMILES string of the molecule is CCCCNC(=O)[C@@H](Cc1ccccc1)N(Cc1ccccc1Cl)C(=O)CCN1C(=O)[C@H]2CC=CC[C@H]2C1=O. The normalized spacial score (nSPS) is 19.1. The summed E-state index contributed by atoms with van der Waals surface area (Å²) in [6, 6.07) is 16.0. The lowest BCUT2D eigenvalue weighted by atomic mass is 9.85. The maximum Gasteiger partial charge on any atom is 0.243 e. The molecule has 1 aliphatic heterocycles. The maximum absolute atomic E-state index is 13.9. The van der Waals surface area contributed by atoms with Crippen molar-refractivity contribution in [3.63, 3.8) is 0 Å². The molecule has 0 radical (unpaired) electrons. The van der Waals surface area contributed by atoms with Gasteiger partial charge in [0.15, 0.2) is 0 Å². The Morgan fingerprint density at radius 1 is 1.00 bits per heavy atom. The molecule has 1 N–H and O–H groups in total. The fourth-order valence-electron chi connectivity index (χ4n) is 5.31. The van der Waals surface area contributed by atoms with Gasteiger partial charge in [0.25, 0.3) is 0 Å². The summed E-state index contributed by atoms with van der Waals surface area (Å²) in [5, 5.41) is 3.49. The molecule has 1 saturated heterocycles. The van der Waals surface area contributed by atoms with Crippen LogP contribution in [0, 0.1) is 11.8 Å². The van der Waals surface area contributed by atoms with Gasteiger partial charge in [-0.2, -0.15) is 0 Å². The first-order valence-electron chi connectivity index (χ1n) is 13.8. The van der Waals surface area contributed by atoms with E-state index in [1.807, 2.05) is 67.6 Å². The van der Waals surface area contributed by atoms with E-state index in [9.17, 15) is 19.2 Å². The molecule has 0 aromatic heterocycles. The van der Waals surface area contributed by atoms with Gasteiger partial charge in [-0.05, 0) is 36.5 Å². The number of imide groups is 1. The Hall–Kier alpha value is -3.45. The molecule has 1 fully saturated rings. The van der Waals surface area contributed by atoms with Crippen molar-refractivity contribution in [2.24, 2.45) is 11.8 Å². The van der Waals surface area contributed by atoms with Crippen LogP contribution in [0.4, 0.5) is 0 Å². The van der Waals surface area contributed by atoms with Gasteiger partial charge in [-0.1, -0.05) is 85.6 Å². The number of hydrogen-bond donors (Lipinski definition) is 1. The number of nitrogens with one attached hydrogen (secondary N) is 1. The Kier molecular flexibility index (Phi) is 9.93. The van der Waals surface area contributed by atoms with E-state index in [4.69, 9.17) is 11.6 Å². The van der Waals surface area contributed by atoms with E-state index < -0.39 is 6.04 Å². The molecule has 0 spiro atoms. The summed E-state index contributed by atoms with van der Waals surface area (Å²) in [5.41, 5.74) is 1.64. The third-order valence-electron chi connectivity index (χ3n) is 7.55. The second-order valence-corrected chi connectivity index (χ2v) is 10.6. The zero-order valence-corrected chi connectivity index (χ0v) is 23.1. The topological polar surface area (TPSA) is 86.8 Å². The molecule has 4 amide bonds. The Morgan fingerprint density at radius 2 is 1.64 bits per heavy atom. The van der Waals surface area contributed by atoms with Crippen molar-refractivity contribution in [2.45, 2.75) is 58.0 Å². The summed E-state index contributed by atoms with van der Waals surface area (Å²) in [7, 11) is 0. The average Bonchev–Trinajstić information content (AvgIpc) is 3.20. The fraction of sp³-hybridized carbons (Fsp3) is 0.419. The van der Waals surface area contributed by atoms with Gasteiger partial charge in [-0.15, -0.1) is 0 Å². The summed E-state index contributed by atoms with van der Waals surface area (Å²) >= 11 is 6.47. The van der Waals surface area contributed by atoms with Crippen LogP contribution in [-0.2, 0) is 32.1 Å². The van der Waals surface area contributed by atoms with E-state index in [-0.39, 0.29) is 55.0 Å². The monoisotopic (exact) mass is 549 g/mol. The van der Waals surface area contributed by atoms with E-state index in [0.29, 0.717) is 30.8 Å². The van der Waals surface area contributed by atoms with Crippen molar-refractivity contribution in [1.82, 2.24) is 15.1 Å². The Bertz CT molecular complexity index is 1190. The smallest absolute Gasteiger partial charge is 0.243 e. The predicted octanol–water partition coefficient (Wildman–Crippen LogP) is 4.54. The van der Waals surface area contributed by atoms with Crippen LogP contribution in [0.25, 0.3) is 0 Å². The standard InChI is InChI=1S/C31H36ClN3O4/c1-2-3-18-33-29(37)27(20-22-11-5-4-6-12-22)35(21-23-13-7-10-16-26(23)32)28(36)17-19-34-30(38)24-14-8-9-15-25(24)31(34)39/h4-13,16,24-25,27H,2-3,14-15,17-21H2,1H3,(H,33,37)/t24-,25+,27-/m1/s1. The molecule has 0 unspecified atom stereocenters. The largest absolute Gasteiger partial charge is 0.354 e. The highest BCUT2D eigenvalue weighted by atomic mass is 35.5. The molecule has 7 nitrogen and oxygen atoms in total. The number of unbranched alkanes of at least 4 members (excludes halogenated alkanes) is 1. The van der Waals surface area contributed by atoms with Gasteiger partial charge < -0.3 is 10.2 Å². The Balaban J connectivity index is 1.58. The van der Waals surface area contributed by atoms with Crippen LogP contribution in [0.5, 0.6) is 0 Å². The molecule has 2 aromatic carbocycles. The van der Waals surface area contributed by atoms with Crippen LogP contribution in [0.15, 0.2) is 66.7 Å². The fourth-order valence-corrected chi connectivity index (χ4v) is 5.51. The minimum Gasteiger partial charge on any atom is -0.354 e. The molecule has 3 atom stereocenters. The molecule has 4 rings (SSSR count). The molecule has 2 aromatic rings. The molecule has 2 aliphatic rings. The number of likely N-dealkylation sites (tertiary alicyclic amines) is 1. The molecule has 39 heavy (non-hydrogen) atoms. The number of hydrogen-bond acceptors (Lipinski definition) is 4. The lowest BCUT2D eigenvalue weighted by Gasteiger charge is -2.32. The van der Waals surface area contributed by atoms with Crippen molar-refractivity contribution in [1.29, 1.82) is 0 Å². The number of carbonyl (C=O) groups is 4. The first-order valence-corrected chi connectivity index (χ1v) is 14.1. The van der Waals surface area contributed by atoms with Crippen LogP contribution in [-0.4, -0.2) is 52.6 Å². The third kappa shape index (κ3) is 6.95. The van der Waals surface area contributed by atoms with E-state index in [1.165, 1.54) is 4.90 Å². The van der Waals surface area contributed by atoms with Crippen LogP contribution >= 0.6 is 11.6 Å². The Morgan fingerprint density at radius 3 is 2.28 bits per heavy atom. The zero-order chi connectivity index (χ0) is 27.8. The van der Waals surface area contributed by atoms with Crippen molar-refractivity contribution in [3.8, 4) is 0 Å². The predicted molar refractivity (Wildman–Crippen MR) is 151 cm³/mol. The van der Waals surface area contributed by atoms with Gasteiger partial charge in [-0.25, -0.2) is 0 Å². The maximum atomic E-state index is 13.9. The van der Waals surface area contributed by atoms with Gasteiger partial charge >= 0.3 is 0 Å². The molecule has 0 saturated carbocycles. The van der Waals surface area contributed by atoms with E-state index in [1.54, 1.807) is 11.0 Å². The molecular weight excluding hydrogens is 514 g/mol. The molecular formula is C31H36ClN3O4. The Labute approximate surface area is 235 Å². The molecule has 1 aliphatic carbocycles. The number of benzene rings is 2. The summed E-state index contributed by atoms with van der Waals surface area (Å²) in [5.74, 6) is -1.65. The average molecular weight is 550 g/mol. The molecule has 206 valence electrons. The van der Waals surface area contributed by atoms with Crippen molar-refractivity contribution in [3.05, 3.63) is 82.9 Å². The molecule has 8 heteroatoms. The summed E-state index contributed by atoms with van der Waals surface area (Å²) < 4.78 is 0. The second kappa shape index (κ2) is 13.6. The van der Waals surface area contributed by atoms with Crippen LogP contribution in [0.3, 0.4) is 0 Å². The summed E-state index contributed by atoms with van der Waals surface area (Å²) in [6.45, 7) is 2.70. The van der Waals surface area contributed by atoms with Crippen LogP contribution in [0.1, 0.15) is 50.2 Å². The number of halogens is 1. The summed E-state index contributed by atoms with van der Waals surface area (Å²) in [4.78, 5) is 56.1.